The Hall–Kier alpha value is -1.43. The maximum absolute atomic E-state index is 11.4. The highest BCUT2D eigenvalue weighted by Gasteiger charge is 2.27. The molecule has 0 saturated carbocycles. The monoisotopic (exact) mass is 331 g/mol. The van der Waals surface area contributed by atoms with Crippen molar-refractivity contribution in [1.82, 2.24) is 14.9 Å². The van der Waals surface area contributed by atoms with E-state index in [1.165, 1.54) is 31.9 Å². The molecule has 24 heavy (non-hydrogen) atoms. The van der Waals surface area contributed by atoms with Crippen LogP contribution in [0.15, 0.2) is 30.3 Å². The van der Waals surface area contributed by atoms with Gasteiger partial charge in [0.25, 0.3) is 0 Å². The van der Waals surface area contributed by atoms with Gasteiger partial charge in [0.2, 0.25) is 0 Å². The average Bonchev–Trinajstić information content (AvgIpc) is 2.64. The maximum atomic E-state index is 11.4. The second-order valence-corrected chi connectivity index (χ2v) is 6.89. The SMILES string of the molecule is COC(=O)CN1CCN(N2CCC(Cc3ccccc3)CC2)CC1. The quantitative estimate of drug-likeness (QED) is 0.767. The van der Waals surface area contributed by atoms with Gasteiger partial charge in [-0.3, -0.25) is 9.69 Å². The number of piperidine rings is 1. The molecule has 2 aliphatic heterocycles. The van der Waals surface area contributed by atoms with Crippen LogP contribution in [-0.2, 0) is 16.0 Å². The van der Waals surface area contributed by atoms with Crippen molar-refractivity contribution >= 4 is 5.97 Å². The van der Waals surface area contributed by atoms with Gasteiger partial charge in [-0.25, -0.2) is 10.0 Å². The summed E-state index contributed by atoms with van der Waals surface area (Å²) in [5, 5.41) is 5.00. The number of nitrogens with zero attached hydrogens (tertiary/aromatic N) is 3. The Morgan fingerprint density at radius 3 is 2.25 bits per heavy atom. The van der Waals surface area contributed by atoms with Crippen LogP contribution in [-0.4, -0.2) is 73.8 Å². The van der Waals surface area contributed by atoms with Crippen molar-refractivity contribution in [3.8, 4) is 0 Å². The normalized spacial score (nSPS) is 21.7. The Bertz CT molecular complexity index is 507. The Labute approximate surface area is 145 Å². The number of esters is 1. The predicted molar refractivity (Wildman–Crippen MR) is 94.5 cm³/mol. The van der Waals surface area contributed by atoms with Crippen molar-refractivity contribution in [2.24, 2.45) is 5.92 Å². The molecule has 2 heterocycles. The summed E-state index contributed by atoms with van der Waals surface area (Å²) >= 11 is 0. The summed E-state index contributed by atoms with van der Waals surface area (Å²) in [4.78, 5) is 13.5. The molecular weight excluding hydrogens is 302 g/mol. The second kappa shape index (κ2) is 8.60. The molecule has 1 aromatic carbocycles. The van der Waals surface area contributed by atoms with Crippen molar-refractivity contribution in [3.63, 3.8) is 0 Å². The molecular formula is C19H29N3O2. The minimum Gasteiger partial charge on any atom is -0.468 e. The first-order chi connectivity index (χ1) is 11.7. The third-order valence-electron chi connectivity index (χ3n) is 5.29. The summed E-state index contributed by atoms with van der Waals surface area (Å²) in [5.74, 6) is 0.675. The number of hydrogen-bond acceptors (Lipinski definition) is 5. The highest BCUT2D eigenvalue weighted by molar-refractivity contribution is 5.71. The molecule has 2 saturated heterocycles. The van der Waals surface area contributed by atoms with Crippen LogP contribution in [0.1, 0.15) is 18.4 Å². The van der Waals surface area contributed by atoms with Crippen LogP contribution < -0.4 is 0 Å². The van der Waals surface area contributed by atoms with Crippen LogP contribution in [0.25, 0.3) is 0 Å². The minimum absolute atomic E-state index is 0.134. The van der Waals surface area contributed by atoms with E-state index < -0.39 is 0 Å². The molecule has 0 bridgehead atoms. The van der Waals surface area contributed by atoms with Gasteiger partial charge in [-0.15, -0.1) is 0 Å². The topological polar surface area (TPSA) is 36.0 Å². The predicted octanol–water partition coefficient (Wildman–Crippen LogP) is 1.65. The summed E-state index contributed by atoms with van der Waals surface area (Å²) in [6.07, 6.45) is 3.76. The van der Waals surface area contributed by atoms with Gasteiger partial charge in [0.1, 0.15) is 0 Å². The lowest BCUT2D eigenvalue weighted by Gasteiger charge is -2.43. The Balaban J connectivity index is 1.39. The molecule has 0 N–H and O–H groups in total. The van der Waals surface area contributed by atoms with E-state index in [0.717, 1.165) is 45.2 Å². The molecule has 0 spiro atoms. The van der Waals surface area contributed by atoms with E-state index >= 15 is 0 Å². The number of methoxy groups -OCH3 is 1. The number of piperazine rings is 1. The fraction of sp³-hybridized carbons (Fsp3) is 0.632. The van der Waals surface area contributed by atoms with Gasteiger partial charge in [0.05, 0.1) is 13.7 Å². The Morgan fingerprint density at radius 2 is 1.62 bits per heavy atom. The molecule has 2 aliphatic rings. The molecule has 0 atom stereocenters. The second-order valence-electron chi connectivity index (χ2n) is 6.89. The van der Waals surface area contributed by atoms with E-state index in [9.17, 15) is 4.79 Å². The van der Waals surface area contributed by atoms with Crippen LogP contribution in [0.5, 0.6) is 0 Å². The first kappa shape index (κ1) is 17.4. The lowest BCUT2D eigenvalue weighted by molar-refractivity contribution is -0.143. The Kier molecular flexibility index (Phi) is 6.24. The lowest BCUT2D eigenvalue weighted by atomic mass is 9.91. The smallest absolute Gasteiger partial charge is 0.319 e. The standard InChI is InChI=1S/C19H29N3O2/c1-24-19(23)16-20-11-13-22(14-12-20)21-9-7-18(8-10-21)15-17-5-3-2-4-6-17/h2-6,18H,7-16H2,1H3. The molecule has 1 aromatic rings. The number of benzene rings is 1. The molecule has 2 fully saturated rings. The third kappa shape index (κ3) is 4.79. The molecule has 0 unspecified atom stereocenters. The molecule has 5 heteroatoms. The number of hydrogen-bond donors (Lipinski definition) is 0. The number of hydrazine groups is 1. The fourth-order valence-electron chi connectivity index (χ4n) is 3.78. The highest BCUT2D eigenvalue weighted by Crippen LogP contribution is 2.23. The van der Waals surface area contributed by atoms with Crippen molar-refractivity contribution in [2.45, 2.75) is 19.3 Å². The van der Waals surface area contributed by atoms with Crippen molar-refractivity contribution in [2.75, 3.05) is 52.9 Å². The third-order valence-corrected chi connectivity index (χ3v) is 5.29. The molecule has 0 aromatic heterocycles. The maximum Gasteiger partial charge on any atom is 0.319 e. The zero-order valence-corrected chi connectivity index (χ0v) is 14.7. The van der Waals surface area contributed by atoms with E-state index in [4.69, 9.17) is 4.74 Å². The summed E-state index contributed by atoms with van der Waals surface area (Å²) in [5.41, 5.74) is 1.47. The highest BCUT2D eigenvalue weighted by atomic mass is 16.5. The van der Waals surface area contributed by atoms with Crippen LogP contribution in [0.3, 0.4) is 0 Å². The largest absolute Gasteiger partial charge is 0.468 e. The molecule has 0 amide bonds. The number of carbonyl (C=O) groups is 1. The first-order valence-electron chi connectivity index (χ1n) is 9.07. The van der Waals surface area contributed by atoms with E-state index in [0.29, 0.717) is 6.54 Å². The van der Waals surface area contributed by atoms with Gasteiger partial charge in [0.15, 0.2) is 0 Å². The van der Waals surface area contributed by atoms with Gasteiger partial charge in [0, 0.05) is 39.3 Å². The van der Waals surface area contributed by atoms with E-state index in [1.54, 1.807) is 0 Å². The van der Waals surface area contributed by atoms with E-state index in [2.05, 4.69) is 45.2 Å². The van der Waals surface area contributed by atoms with Gasteiger partial charge in [-0.05, 0) is 30.7 Å². The first-order valence-corrected chi connectivity index (χ1v) is 9.07. The van der Waals surface area contributed by atoms with E-state index in [-0.39, 0.29) is 5.97 Å². The zero-order chi connectivity index (χ0) is 16.8. The van der Waals surface area contributed by atoms with Crippen LogP contribution in [0, 0.1) is 5.92 Å². The van der Waals surface area contributed by atoms with Gasteiger partial charge in [-0.1, -0.05) is 30.3 Å². The number of carbonyl (C=O) groups excluding carboxylic acids is 1. The van der Waals surface area contributed by atoms with Gasteiger partial charge < -0.3 is 4.74 Å². The van der Waals surface area contributed by atoms with Crippen molar-refractivity contribution in [3.05, 3.63) is 35.9 Å². The Morgan fingerprint density at radius 1 is 1.00 bits per heavy atom. The van der Waals surface area contributed by atoms with Gasteiger partial charge >= 0.3 is 5.97 Å². The molecule has 132 valence electrons. The van der Waals surface area contributed by atoms with Crippen LogP contribution in [0.2, 0.25) is 0 Å². The summed E-state index contributed by atoms with van der Waals surface area (Å²) < 4.78 is 4.75. The number of ether oxygens (including phenoxy) is 1. The summed E-state index contributed by atoms with van der Waals surface area (Å²) in [7, 11) is 1.46. The minimum atomic E-state index is -0.134. The molecule has 3 rings (SSSR count). The fourth-order valence-corrected chi connectivity index (χ4v) is 3.78. The van der Waals surface area contributed by atoms with Crippen molar-refractivity contribution in [1.29, 1.82) is 0 Å². The number of rotatable bonds is 5. The molecule has 0 aliphatic carbocycles. The zero-order valence-electron chi connectivity index (χ0n) is 14.7. The van der Waals surface area contributed by atoms with Crippen LogP contribution >= 0.6 is 0 Å². The summed E-state index contributed by atoms with van der Waals surface area (Å²) in [6.45, 7) is 6.66. The lowest BCUT2D eigenvalue weighted by Crippen LogP contribution is -2.56. The van der Waals surface area contributed by atoms with Crippen molar-refractivity contribution < 1.29 is 9.53 Å². The summed E-state index contributed by atoms with van der Waals surface area (Å²) in [6, 6.07) is 10.8. The van der Waals surface area contributed by atoms with E-state index in [1.807, 2.05) is 0 Å². The molecule has 0 radical (unpaired) electrons. The average molecular weight is 331 g/mol. The van der Waals surface area contributed by atoms with Crippen LogP contribution in [0.4, 0.5) is 0 Å². The molecule has 5 nitrogen and oxygen atoms in total. The van der Waals surface area contributed by atoms with Gasteiger partial charge in [-0.2, -0.15) is 0 Å².